The molecular formula is C23H36IN5OS. The van der Waals surface area contributed by atoms with Crippen molar-refractivity contribution in [3.05, 3.63) is 51.5 Å². The number of hydrogen-bond donors (Lipinski definition) is 3. The molecule has 31 heavy (non-hydrogen) atoms. The van der Waals surface area contributed by atoms with E-state index in [4.69, 9.17) is 4.99 Å². The molecule has 0 atom stereocenters. The van der Waals surface area contributed by atoms with Crippen LogP contribution in [0.25, 0.3) is 0 Å². The van der Waals surface area contributed by atoms with Crippen molar-refractivity contribution in [1.29, 1.82) is 0 Å². The monoisotopic (exact) mass is 557 g/mol. The lowest BCUT2D eigenvalue weighted by molar-refractivity contribution is 0.0792. The first kappa shape index (κ1) is 26.0. The maximum absolute atomic E-state index is 9.65. The second-order valence-electron chi connectivity index (χ2n) is 8.19. The van der Waals surface area contributed by atoms with Crippen LogP contribution in [0.1, 0.15) is 61.4 Å². The number of likely N-dealkylation sites (tertiary alicyclic amines) is 1. The molecule has 8 heteroatoms. The summed E-state index contributed by atoms with van der Waals surface area (Å²) < 4.78 is 0. The molecule has 1 aromatic heterocycles. The van der Waals surface area contributed by atoms with Gasteiger partial charge in [0.25, 0.3) is 0 Å². The number of rotatable bonds is 8. The molecule has 0 amide bonds. The lowest BCUT2D eigenvalue weighted by Crippen LogP contribution is -2.36. The highest BCUT2D eigenvalue weighted by Crippen LogP contribution is 2.17. The lowest BCUT2D eigenvalue weighted by Gasteiger charge is -2.29. The van der Waals surface area contributed by atoms with Gasteiger partial charge in [-0.1, -0.05) is 38.1 Å². The van der Waals surface area contributed by atoms with E-state index in [0.717, 1.165) is 55.7 Å². The van der Waals surface area contributed by atoms with Crippen molar-refractivity contribution in [2.45, 2.75) is 65.3 Å². The number of benzene rings is 1. The van der Waals surface area contributed by atoms with Gasteiger partial charge in [0.15, 0.2) is 5.96 Å². The Bertz CT molecular complexity index is 801. The molecule has 1 aliphatic heterocycles. The van der Waals surface area contributed by atoms with Gasteiger partial charge in [-0.3, -0.25) is 4.90 Å². The van der Waals surface area contributed by atoms with Crippen LogP contribution < -0.4 is 10.6 Å². The van der Waals surface area contributed by atoms with Crippen molar-refractivity contribution in [1.82, 2.24) is 20.5 Å². The zero-order chi connectivity index (χ0) is 21.3. The predicted octanol–water partition coefficient (Wildman–Crippen LogP) is 4.10. The first-order valence-corrected chi connectivity index (χ1v) is 11.9. The standard InChI is InChI=1S/C23H35N5OS.HI/c1-4-24-23(26-14-22-27-21(16-30-22)17(2)3)25-13-18-5-7-19(8-6-18)15-28-11-9-20(29)10-12-28;/h5-8,16-17,20,29H,4,9-15H2,1-3H3,(H2,24,25,26);1H. The molecule has 0 bridgehead atoms. The molecule has 1 saturated heterocycles. The van der Waals surface area contributed by atoms with Crippen molar-refractivity contribution in [3.8, 4) is 0 Å². The molecule has 0 saturated carbocycles. The van der Waals surface area contributed by atoms with Crippen LogP contribution >= 0.6 is 35.3 Å². The summed E-state index contributed by atoms with van der Waals surface area (Å²) in [6, 6.07) is 8.71. The molecule has 172 valence electrons. The Hall–Kier alpha value is -1.23. The minimum atomic E-state index is -0.117. The molecule has 3 N–H and O–H groups in total. The second-order valence-corrected chi connectivity index (χ2v) is 9.14. The highest BCUT2D eigenvalue weighted by molar-refractivity contribution is 14.0. The lowest BCUT2D eigenvalue weighted by atomic mass is 10.1. The van der Waals surface area contributed by atoms with Crippen LogP contribution in [-0.2, 0) is 19.6 Å². The van der Waals surface area contributed by atoms with Crippen LogP contribution in [0.15, 0.2) is 34.6 Å². The van der Waals surface area contributed by atoms with E-state index in [1.165, 1.54) is 11.1 Å². The van der Waals surface area contributed by atoms with E-state index < -0.39 is 0 Å². The molecule has 2 heterocycles. The van der Waals surface area contributed by atoms with Gasteiger partial charge in [0.05, 0.1) is 24.9 Å². The fourth-order valence-corrected chi connectivity index (χ4v) is 4.32. The summed E-state index contributed by atoms with van der Waals surface area (Å²) in [5.74, 6) is 1.27. The molecule has 1 fully saturated rings. The first-order valence-electron chi connectivity index (χ1n) is 11.0. The van der Waals surface area contributed by atoms with Gasteiger partial charge in [0.2, 0.25) is 0 Å². The van der Waals surface area contributed by atoms with Crippen molar-refractivity contribution >= 4 is 41.3 Å². The third-order valence-corrected chi connectivity index (χ3v) is 6.19. The summed E-state index contributed by atoms with van der Waals surface area (Å²) in [6.45, 7) is 11.5. The average molecular weight is 558 g/mol. The van der Waals surface area contributed by atoms with E-state index in [0.29, 0.717) is 19.0 Å². The molecule has 3 rings (SSSR count). The molecule has 1 aromatic carbocycles. The Morgan fingerprint density at radius 3 is 2.48 bits per heavy atom. The van der Waals surface area contributed by atoms with Crippen LogP contribution in [0, 0.1) is 0 Å². The molecule has 0 aliphatic carbocycles. The highest BCUT2D eigenvalue weighted by Gasteiger charge is 2.16. The number of nitrogens with zero attached hydrogens (tertiary/aromatic N) is 3. The smallest absolute Gasteiger partial charge is 0.191 e. The largest absolute Gasteiger partial charge is 0.393 e. The summed E-state index contributed by atoms with van der Waals surface area (Å²) in [7, 11) is 0. The number of aliphatic hydroxyl groups is 1. The van der Waals surface area contributed by atoms with Crippen LogP contribution in [0.4, 0.5) is 0 Å². The number of aliphatic hydroxyl groups excluding tert-OH is 1. The third-order valence-electron chi connectivity index (χ3n) is 5.32. The molecule has 6 nitrogen and oxygen atoms in total. The SMILES string of the molecule is CCNC(=NCc1ccc(CN2CCC(O)CC2)cc1)NCc1nc(C(C)C)cs1.I. The van der Waals surface area contributed by atoms with Gasteiger partial charge < -0.3 is 15.7 Å². The van der Waals surface area contributed by atoms with Gasteiger partial charge in [-0.15, -0.1) is 35.3 Å². The summed E-state index contributed by atoms with van der Waals surface area (Å²) >= 11 is 1.69. The van der Waals surface area contributed by atoms with E-state index in [1.54, 1.807) is 11.3 Å². The number of aromatic nitrogens is 1. The number of nitrogens with one attached hydrogen (secondary N) is 2. The van der Waals surface area contributed by atoms with Crippen molar-refractivity contribution < 1.29 is 5.11 Å². The summed E-state index contributed by atoms with van der Waals surface area (Å²) in [4.78, 5) is 11.8. The van der Waals surface area contributed by atoms with E-state index in [-0.39, 0.29) is 30.1 Å². The Balaban J connectivity index is 0.00000341. The van der Waals surface area contributed by atoms with Gasteiger partial charge >= 0.3 is 0 Å². The first-order chi connectivity index (χ1) is 14.5. The molecule has 0 unspecified atom stereocenters. The molecule has 0 spiro atoms. The van der Waals surface area contributed by atoms with Crippen LogP contribution in [0.3, 0.4) is 0 Å². The van der Waals surface area contributed by atoms with Gasteiger partial charge in [-0.05, 0) is 36.8 Å². The predicted molar refractivity (Wildman–Crippen MR) is 140 cm³/mol. The Morgan fingerprint density at radius 2 is 1.87 bits per heavy atom. The fourth-order valence-electron chi connectivity index (χ4n) is 3.43. The third kappa shape index (κ3) is 8.67. The van der Waals surface area contributed by atoms with Gasteiger partial charge in [-0.25, -0.2) is 9.98 Å². The quantitative estimate of drug-likeness (QED) is 0.259. The zero-order valence-corrected chi connectivity index (χ0v) is 22.0. The number of piperidine rings is 1. The van der Waals surface area contributed by atoms with Gasteiger partial charge in [0, 0.05) is 31.6 Å². The van der Waals surface area contributed by atoms with Crippen molar-refractivity contribution in [3.63, 3.8) is 0 Å². The minimum Gasteiger partial charge on any atom is -0.393 e. The van der Waals surface area contributed by atoms with Crippen molar-refractivity contribution in [2.24, 2.45) is 4.99 Å². The number of thiazole rings is 1. The van der Waals surface area contributed by atoms with Crippen molar-refractivity contribution in [2.75, 3.05) is 19.6 Å². The topological polar surface area (TPSA) is 72.8 Å². The Kier molecular flexibility index (Phi) is 11.2. The summed E-state index contributed by atoms with van der Waals surface area (Å²) in [5, 5.41) is 19.6. The number of guanidine groups is 1. The van der Waals surface area contributed by atoms with E-state index >= 15 is 0 Å². The zero-order valence-electron chi connectivity index (χ0n) is 18.8. The minimum absolute atomic E-state index is 0. The normalized spacial score (nSPS) is 15.7. The maximum Gasteiger partial charge on any atom is 0.191 e. The highest BCUT2D eigenvalue weighted by atomic mass is 127. The summed E-state index contributed by atoms with van der Waals surface area (Å²) in [6.07, 6.45) is 1.65. The molecular weight excluding hydrogens is 521 g/mol. The maximum atomic E-state index is 9.65. The average Bonchev–Trinajstić information content (AvgIpc) is 3.22. The fraction of sp³-hybridized carbons (Fsp3) is 0.565. The van der Waals surface area contributed by atoms with Crippen LogP contribution in [-0.4, -0.2) is 46.7 Å². The van der Waals surface area contributed by atoms with E-state index in [2.05, 4.69) is 70.9 Å². The van der Waals surface area contributed by atoms with E-state index in [1.807, 2.05) is 0 Å². The Morgan fingerprint density at radius 1 is 1.19 bits per heavy atom. The van der Waals surface area contributed by atoms with Gasteiger partial charge in [0.1, 0.15) is 5.01 Å². The van der Waals surface area contributed by atoms with Crippen LogP contribution in [0.2, 0.25) is 0 Å². The van der Waals surface area contributed by atoms with Crippen LogP contribution in [0.5, 0.6) is 0 Å². The Labute approximate surface area is 207 Å². The molecule has 0 radical (unpaired) electrons. The van der Waals surface area contributed by atoms with E-state index in [9.17, 15) is 5.11 Å². The number of halogens is 1. The molecule has 1 aliphatic rings. The molecule has 2 aromatic rings. The number of aliphatic imine (C=N–C) groups is 1. The van der Waals surface area contributed by atoms with Gasteiger partial charge in [-0.2, -0.15) is 0 Å². The number of hydrogen-bond acceptors (Lipinski definition) is 5. The summed E-state index contributed by atoms with van der Waals surface area (Å²) in [5.41, 5.74) is 3.66. The second kappa shape index (κ2) is 13.3.